The second kappa shape index (κ2) is 7.37. The highest BCUT2D eigenvalue weighted by Crippen LogP contribution is 2.23. The molecule has 102 valence electrons. The average Bonchev–Trinajstić information content (AvgIpc) is 2.36. The van der Waals surface area contributed by atoms with Gasteiger partial charge in [0.05, 0.1) is 7.11 Å². The number of hydrogen-bond donors (Lipinski definition) is 1. The molecular formula is C15H24FNO. The van der Waals surface area contributed by atoms with Gasteiger partial charge in [-0.15, -0.1) is 0 Å². The normalized spacial score (nSPS) is 12.8. The molecule has 0 amide bonds. The molecule has 3 heteroatoms. The van der Waals surface area contributed by atoms with Crippen LogP contribution in [-0.2, 0) is 6.42 Å². The van der Waals surface area contributed by atoms with Gasteiger partial charge in [-0.25, -0.2) is 4.39 Å². The predicted molar refractivity (Wildman–Crippen MR) is 73.6 cm³/mol. The van der Waals surface area contributed by atoms with Gasteiger partial charge in [0.2, 0.25) is 0 Å². The first-order valence-electron chi connectivity index (χ1n) is 6.63. The first-order chi connectivity index (χ1) is 8.58. The van der Waals surface area contributed by atoms with Crippen LogP contribution in [0.3, 0.4) is 0 Å². The van der Waals surface area contributed by atoms with Gasteiger partial charge in [-0.1, -0.05) is 39.3 Å². The van der Waals surface area contributed by atoms with Gasteiger partial charge in [0.1, 0.15) is 0 Å². The van der Waals surface area contributed by atoms with Crippen LogP contribution in [0.15, 0.2) is 18.2 Å². The molecular weight excluding hydrogens is 229 g/mol. The van der Waals surface area contributed by atoms with E-state index in [2.05, 4.69) is 26.1 Å². The van der Waals surface area contributed by atoms with E-state index < -0.39 is 0 Å². The summed E-state index contributed by atoms with van der Waals surface area (Å²) in [6.45, 7) is 7.31. The molecule has 1 unspecified atom stereocenters. The second-order valence-corrected chi connectivity index (χ2v) is 4.97. The van der Waals surface area contributed by atoms with Crippen LogP contribution in [0.1, 0.15) is 32.8 Å². The number of rotatable bonds is 7. The van der Waals surface area contributed by atoms with Crippen LogP contribution in [0.5, 0.6) is 5.75 Å². The fraction of sp³-hybridized carbons (Fsp3) is 0.600. The highest BCUT2D eigenvalue weighted by molar-refractivity contribution is 5.31. The molecule has 0 fully saturated rings. The van der Waals surface area contributed by atoms with E-state index in [0.717, 1.165) is 24.9 Å². The molecule has 0 aromatic heterocycles. The van der Waals surface area contributed by atoms with Crippen molar-refractivity contribution < 1.29 is 9.13 Å². The molecule has 18 heavy (non-hydrogen) atoms. The van der Waals surface area contributed by atoms with Crippen LogP contribution in [0.2, 0.25) is 0 Å². The Hall–Kier alpha value is -1.09. The quantitative estimate of drug-likeness (QED) is 0.804. The number of halogens is 1. The molecule has 0 aliphatic heterocycles. The third-order valence-corrected chi connectivity index (χ3v) is 3.16. The predicted octanol–water partition coefficient (Wildman–Crippen LogP) is 3.40. The molecule has 0 aliphatic rings. The molecule has 0 bridgehead atoms. The molecule has 0 aliphatic carbocycles. The van der Waals surface area contributed by atoms with Crippen molar-refractivity contribution >= 4 is 0 Å². The standard InChI is InChI=1S/C15H24FNO/c1-5-12(10-17-11(2)3)9-13-7-6-8-14(18-4)15(13)16/h6-8,11-12,17H,5,9-10H2,1-4H3. The van der Waals surface area contributed by atoms with Crippen LogP contribution in [0, 0.1) is 11.7 Å². The van der Waals surface area contributed by atoms with Crippen molar-refractivity contribution in [3.8, 4) is 5.75 Å². The van der Waals surface area contributed by atoms with Crippen LogP contribution in [-0.4, -0.2) is 19.7 Å². The summed E-state index contributed by atoms with van der Waals surface area (Å²) in [5.74, 6) is 0.566. The minimum absolute atomic E-state index is 0.219. The zero-order chi connectivity index (χ0) is 13.5. The SMILES string of the molecule is CCC(CNC(C)C)Cc1cccc(OC)c1F. The van der Waals surface area contributed by atoms with Crippen LogP contribution in [0.25, 0.3) is 0 Å². The minimum atomic E-state index is -0.219. The fourth-order valence-electron chi connectivity index (χ4n) is 1.95. The van der Waals surface area contributed by atoms with E-state index in [4.69, 9.17) is 4.74 Å². The number of methoxy groups -OCH3 is 1. The van der Waals surface area contributed by atoms with Gasteiger partial charge in [-0.3, -0.25) is 0 Å². The largest absolute Gasteiger partial charge is 0.494 e. The van der Waals surface area contributed by atoms with Gasteiger partial charge in [0.15, 0.2) is 11.6 Å². The molecule has 0 spiro atoms. The smallest absolute Gasteiger partial charge is 0.168 e. The summed E-state index contributed by atoms with van der Waals surface area (Å²) < 4.78 is 19.0. The van der Waals surface area contributed by atoms with Crippen molar-refractivity contribution in [2.45, 2.75) is 39.7 Å². The van der Waals surface area contributed by atoms with Crippen molar-refractivity contribution in [3.63, 3.8) is 0 Å². The van der Waals surface area contributed by atoms with Gasteiger partial charge in [0.25, 0.3) is 0 Å². The summed E-state index contributed by atoms with van der Waals surface area (Å²) in [7, 11) is 1.50. The number of ether oxygens (including phenoxy) is 1. The molecule has 1 N–H and O–H groups in total. The Balaban J connectivity index is 2.69. The molecule has 1 aromatic carbocycles. The lowest BCUT2D eigenvalue weighted by Gasteiger charge is -2.18. The van der Waals surface area contributed by atoms with Gasteiger partial charge < -0.3 is 10.1 Å². The third-order valence-electron chi connectivity index (χ3n) is 3.16. The lowest BCUT2D eigenvalue weighted by Crippen LogP contribution is -2.29. The van der Waals surface area contributed by atoms with Crippen molar-refractivity contribution in [1.82, 2.24) is 5.32 Å². The summed E-state index contributed by atoms with van der Waals surface area (Å²) >= 11 is 0. The average molecular weight is 253 g/mol. The maximum Gasteiger partial charge on any atom is 0.168 e. The first kappa shape index (κ1) is 15.0. The number of hydrogen-bond acceptors (Lipinski definition) is 2. The number of nitrogens with one attached hydrogen (secondary N) is 1. The Morgan fingerprint density at radius 1 is 1.33 bits per heavy atom. The Morgan fingerprint density at radius 3 is 2.61 bits per heavy atom. The maximum atomic E-state index is 14.0. The zero-order valence-corrected chi connectivity index (χ0v) is 11.8. The lowest BCUT2D eigenvalue weighted by atomic mass is 9.96. The van der Waals surface area contributed by atoms with Crippen LogP contribution < -0.4 is 10.1 Å². The molecule has 0 saturated carbocycles. The van der Waals surface area contributed by atoms with Crippen LogP contribution in [0.4, 0.5) is 4.39 Å². The van der Waals surface area contributed by atoms with E-state index in [-0.39, 0.29) is 5.82 Å². The Labute approximate surface area is 110 Å². The maximum absolute atomic E-state index is 14.0. The second-order valence-electron chi connectivity index (χ2n) is 4.97. The van der Waals surface area contributed by atoms with Gasteiger partial charge in [-0.2, -0.15) is 0 Å². The lowest BCUT2D eigenvalue weighted by molar-refractivity contribution is 0.378. The fourth-order valence-corrected chi connectivity index (χ4v) is 1.95. The van der Waals surface area contributed by atoms with Crippen molar-refractivity contribution in [3.05, 3.63) is 29.6 Å². The summed E-state index contributed by atoms with van der Waals surface area (Å²) in [4.78, 5) is 0. The van der Waals surface area contributed by atoms with E-state index >= 15 is 0 Å². The highest BCUT2D eigenvalue weighted by Gasteiger charge is 2.13. The molecule has 0 saturated heterocycles. The highest BCUT2D eigenvalue weighted by atomic mass is 19.1. The van der Waals surface area contributed by atoms with Crippen LogP contribution >= 0.6 is 0 Å². The Morgan fingerprint density at radius 2 is 2.06 bits per heavy atom. The molecule has 1 atom stereocenters. The van der Waals surface area contributed by atoms with Gasteiger partial charge >= 0.3 is 0 Å². The Kier molecular flexibility index (Phi) is 6.13. The molecule has 0 radical (unpaired) electrons. The molecule has 1 rings (SSSR count). The summed E-state index contributed by atoms with van der Waals surface area (Å²) in [6, 6.07) is 5.82. The summed E-state index contributed by atoms with van der Waals surface area (Å²) in [5, 5.41) is 3.41. The zero-order valence-electron chi connectivity index (χ0n) is 11.8. The van der Waals surface area contributed by atoms with Gasteiger partial charge in [-0.05, 0) is 30.5 Å². The van der Waals surface area contributed by atoms with E-state index in [1.165, 1.54) is 7.11 Å². The minimum Gasteiger partial charge on any atom is -0.494 e. The molecule has 2 nitrogen and oxygen atoms in total. The van der Waals surface area contributed by atoms with E-state index in [1.807, 2.05) is 12.1 Å². The topological polar surface area (TPSA) is 21.3 Å². The van der Waals surface area contributed by atoms with E-state index in [9.17, 15) is 4.39 Å². The molecule has 0 heterocycles. The van der Waals surface area contributed by atoms with Crippen molar-refractivity contribution in [2.75, 3.05) is 13.7 Å². The van der Waals surface area contributed by atoms with Gasteiger partial charge in [0, 0.05) is 6.04 Å². The number of benzene rings is 1. The Bertz CT molecular complexity index is 366. The molecule has 1 aromatic rings. The first-order valence-corrected chi connectivity index (χ1v) is 6.63. The monoisotopic (exact) mass is 253 g/mol. The van der Waals surface area contributed by atoms with Crippen molar-refractivity contribution in [1.29, 1.82) is 0 Å². The summed E-state index contributed by atoms with van der Waals surface area (Å²) in [6.07, 6.45) is 1.79. The van der Waals surface area contributed by atoms with Crippen molar-refractivity contribution in [2.24, 2.45) is 5.92 Å². The van der Waals surface area contributed by atoms with E-state index in [0.29, 0.717) is 17.7 Å². The third kappa shape index (κ3) is 4.30. The summed E-state index contributed by atoms with van der Waals surface area (Å²) in [5.41, 5.74) is 0.742. The van der Waals surface area contributed by atoms with E-state index in [1.54, 1.807) is 6.07 Å².